The second-order valence-corrected chi connectivity index (χ2v) is 3.09. The van der Waals surface area contributed by atoms with Crippen molar-refractivity contribution in [3.05, 3.63) is 35.9 Å². The molecule has 1 heteroatoms. The first-order valence-electron chi connectivity index (χ1n) is 3.35. The fourth-order valence-corrected chi connectivity index (χ4v) is 0.932. The Labute approximate surface area is 65.4 Å². The lowest BCUT2D eigenvalue weighted by Gasteiger charge is -1.99. The van der Waals surface area contributed by atoms with Gasteiger partial charge in [-0.1, -0.05) is 46.3 Å². The Kier molecular flexibility index (Phi) is 1.84. The molecule has 1 atom stereocenters. The number of alkyl halides is 1. The molecule has 0 bridgehead atoms. The minimum atomic E-state index is -0.645. The highest BCUT2D eigenvalue weighted by molar-refractivity contribution is 9.09. The third kappa shape index (κ3) is 1.83. The van der Waals surface area contributed by atoms with Crippen molar-refractivity contribution in [3.8, 4) is 0 Å². The quantitative estimate of drug-likeness (QED) is 0.591. The topological polar surface area (TPSA) is 0 Å². The van der Waals surface area contributed by atoms with Crippen LogP contribution in [0, 0.1) is 0 Å². The molecule has 48 valence electrons. The Morgan fingerprint density at radius 3 is 2.33 bits per heavy atom. The molecule has 0 saturated heterocycles. The zero-order valence-corrected chi connectivity index (χ0v) is 6.85. The van der Waals surface area contributed by atoms with Crippen LogP contribution in [0.25, 0.3) is 0 Å². The van der Waals surface area contributed by atoms with E-state index in [1.165, 1.54) is 0 Å². The summed E-state index contributed by atoms with van der Waals surface area (Å²) in [7, 11) is 0. The molecule has 0 aliphatic heterocycles. The van der Waals surface area contributed by atoms with Crippen molar-refractivity contribution in [2.75, 3.05) is 0 Å². The molecule has 0 unspecified atom stereocenters. The Morgan fingerprint density at radius 2 is 2.00 bits per heavy atom. The van der Waals surface area contributed by atoms with Crippen LogP contribution in [0.1, 0.15) is 18.7 Å². The van der Waals surface area contributed by atoms with Crippen molar-refractivity contribution in [1.82, 2.24) is 0 Å². The largest absolute Gasteiger partial charge is 0.0842 e. The molecule has 0 radical (unpaired) electrons. The molecule has 1 rings (SSSR count). The van der Waals surface area contributed by atoms with Crippen LogP contribution in [0.2, 0.25) is 0 Å². The van der Waals surface area contributed by atoms with Gasteiger partial charge in [0.1, 0.15) is 0 Å². The summed E-state index contributed by atoms with van der Waals surface area (Å²) in [6.07, 6.45) is 0. The van der Waals surface area contributed by atoms with E-state index in [-0.39, 0.29) is 0 Å². The van der Waals surface area contributed by atoms with Gasteiger partial charge in [-0.2, -0.15) is 0 Å². The van der Waals surface area contributed by atoms with Crippen LogP contribution in [-0.2, 0) is 0 Å². The van der Waals surface area contributed by atoms with Crippen molar-refractivity contribution < 1.29 is 1.37 Å². The predicted molar refractivity (Wildman–Crippen MR) is 43.8 cm³/mol. The van der Waals surface area contributed by atoms with Crippen LogP contribution in [0.5, 0.6) is 0 Å². The summed E-state index contributed by atoms with van der Waals surface area (Å²) in [6.45, 7) is 1.81. The van der Waals surface area contributed by atoms with Gasteiger partial charge in [-0.05, 0) is 12.5 Å². The number of rotatable bonds is 1. The SMILES string of the molecule is [2H][C@@](C)(Br)c1ccccc1. The third-order valence-electron chi connectivity index (χ3n) is 1.17. The van der Waals surface area contributed by atoms with E-state index >= 15 is 0 Å². The van der Waals surface area contributed by atoms with Crippen molar-refractivity contribution in [3.63, 3.8) is 0 Å². The second-order valence-electron chi connectivity index (χ2n) is 1.90. The molecule has 1 aromatic rings. The van der Waals surface area contributed by atoms with E-state index < -0.39 is 4.80 Å². The Bertz CT molecular complexity index is 200. The van der Waals surface area contributed by atoms with Gasteiger partial charge < -0.3 is 0 Å². The van der Waals surface area contributed by atoms with Gasteiger partial charge >= 0.3 is 0 Å². The van der Waals surface area contributed by atoms with Crippen LogP contribution in [0.15, 0.2) is 30.3 Å². The highest BCUT2D eigenvalue weighted by Crippen LogP contribution is 2.19. The fourth-order valence-electron chi connectivity index (χ4n) is 0.668. The molecule has 0 aliphatic carbocycles. The zero-order chi connectivity index (χ0) is 7.61. The van der Waals surface area contributed by atoms with E-state index in [0.29, 0.717) is 0 Å². The normalized spacial score (nSPS) is 18.2. The smallest absolute Gasteiger partial charge is 0.0470 e. The van der Waals surface area contributed by atoms with Gasteiger partial charge in [0, 0.05) is 6.17 Å². The predicted octanol–water partition coefficient (Wildman–Crippen LogP) is 3.14. The van der Waals surface area contributed by atoms with Crippen LogP contribution in [-0.4, -0.2) is 0 Å². The fraction of sp³-hybridized carbons (Fsp3) is 0.250. The van der Waals surface area contributed by atoms with Gasteiger partial charge in [-0.25, -0.2) is 0 Å². The average molecular weight is 186 g/mol. The summed E-state index contributed by atoms with van der Waals surface area (Å²) in [4.78, 5) is -0.645. The Morgan fingerprint density at radius 1 is 1.44 bits per heavy atom. The van der Waals surface area contributed by atoms with Crippen LogP contribution < -0.4 is 0 Å². The standard InChI is InChI=1S/C8H9Br/c1-7(9)8-5-3-2-4-6-8/h2-7H,1H3/t7-/m0/s1/i7D. The van der Waals surface area contributed by atoms with E-state index in [4.69, 9.17) is 1.37 Å². The molecule has 9 heavy (non-hydrogen) atoms. The summed E-state index contributed by atoms with van der Waals surface area (Å²) in [5.74, 6) is 0. The van der Waals surface area contributed by atoms with Crippen molar-refractivity contribution in [2.45, 2.75) is 11.7 Å². The van der Waals surface area contributed by atoms with Crippen LogP contribution in [0.4, 0.5) is 0 Å². The maximum Gasteiger partial charge on any atom is 0.0470 e. The molecule has 0 aromatic heterocycles. The molecule has 0 nitrogen and oxygen atoms in total. The van der Waals surface area contributed by atoms with Gasteiger partial charge in [0.05, 0.1) is 0 Å². The Balaban J connectivity index is 2.97. The number of hydrogen-bond donors (Lipinski definition) is 0. The summed E-state index contributed by atoms with van der Waals surface area (Å²) in [5.41, 5.74) is 0.981. The van der Waals surface area contributed by atoms with Crippen molar-refractivity contribution in [2.24, 2.45) is 0 Å². The highest BCUT2D eigenvalue weighted by atomic mass is 79.9. The number of hydrogen-bond acceptors (Lipinski definition) is 0. The molecule has 0 fully saturated rings. The van der Waals surface area contributed by atoms with Gasteiger partial charge in [0.25, 0.3) is 0 Å². The molecule has 0 amide bonds. The van der Waals surface area contributed by atoms with Crippen LogP contribution >= 0.6 is 15.9 Å². The number of benzene rings is 1. The maximum absolute atomic E-state index is 7.59. The van der Waals surface area contributed by atoms with E-state index in [9.17, 15) is 0 Å². The molecular formula is C8H9Br. The molecule has 0 saturated carbocycles. The van der Waals surface area contributed by atoms with Gasteiger partial charge in [-0.15, -0.1) is 0 Å². The van der Waals surface area contributed by atoms with Crippen molar-refractivity contribution >= 4 is 15.9 Å². The first-order valence-corrected chi connectivity index (χ1v) is 3.64. The molecular weight excluding hydrogens is 176 g/mol. The minimum Gasteiger partial charge on any atom is -0.0842 e. The summed E-state index contributed by atoms with van der Waals surface area (Å²) >= 11 is 3.25. The minimum absolute atomic E-state index is 0.645. The molecule has 1 aromatic carbocycles. The van der Waals surface area contributed by atoms with E-state index in [1.54, 1.807) is 0 Å². The van der Waals surface area contributed by atoms with Crippen molar-refractivity contribution in [1.29, 1.82) is 0 Å². The lowest BCUT2D eigenvalue weighted by molar-refractivity contribution is 1.12. The molecule has 0 heterocycles. The van der Waals surface area contributed by atoms with Gasteiger partial charge in [0.2, 0.25) is 0 Å². The average Bonchev–Trinajstić information content (AvgIpc) is 1.88. The lowest BCUT2D eigenvalue weighted by Crippen LogP contribution is -1.79. The van der Waals surface area contributed by atoms with Gasteiger partial charge in [-0.3, -0.25) is 0 Å². The first-order chi connectivity index (χ1) is 4.61. The third-order valence-corrected chi connectivity index (χ3v) is 1.63. The molecule has 0 spiro atoms. The first kappa shape index (κ1) is 5.48. The summed E-state index contributed by atoms with van der Waals surface area (Å²) in [5, 5.41) is 0. The summed E-state index contributed by atoms with van der Waals surface area (Å²) < 4.78 is 7.59. The number of halogens is 1. The maximum atomic E-state index is 7.59. The second kappa shape index (κ2) is 3.02. The van der Waals surface area contributed by atoms with E-state index in [2.05, 4.69) is 15.9 Å². The van der Waals surface area contributed by atoms with E-state index in [1.807, 2.05) is 37.3 Å². The Hall–Kier alpha value is -0.300. The highest BCUT2D eigenvalue weighted by Gasteiger charge is 1.95. The lowest BCUT2D eigenvalue weighted by atomic mass is 10.2. The monoisotopic (exact) mass is 185 g/mol. The van der Waals surface area contributed by atoms with E-state index in [0.717, 1.165) is 5.56 Å². The molecule has 0 aliphatic rings. The molecule has 0 N–H and O–H groups in total. The van der Waals surface area contributed by atoms with Crippen LogP contribution in [0.3, 0.4) is 0 Å². The van der Waals surface area contributed by atoms with Gasteiger partial charge in [0.15, 0.2) is 0 Å². The summed E-state index contributed by atoms with van der Waals surface area (Å²) in [6, 6.07) is 9.68. The zero-order valence-electron chi connectivity index (χ0n) is 6.26.